The summed E-state index contributed by atoms with van der Waals surface area (Å²) in [6.07, 6.45) is 1.85. The fourth-order valence-corrected chi connectivity index (χ4v) is 2.76. The van der Waals surface area contributed by atoms with Gasteiger partial charge < -0.3 is 5.32 Å². The summed E-state index contributed by atoms with van der Waals surface area (Å²) in [5, 5.41) is 5.21. The molecule has 1 aromatic carbocycles. The van der Waals surface area contributed by atoms with Gasteiger partial charge in [-0.3, -0.25) is 0 Å². The number of nitrogens with zero attached hydrogens (tertiary/aromatic N) is 1. The van der Waals surface area contributed by atoms with E-state index in [0.717, 1.165) is 28.9 Å². The molecule has 0 aliphatic heterocycles. The molecule has 0 fully saturated rings. The highest BCUT2D eigenvalue weighted by Gasteiger charge is 2.04. The van der Waals surface area contributed by atoms with Crippen molar-refractivity contribution in [3.05, 3.63) is 58.7 Å². The van der Waals surface area contributed by atoms with Gasteiger partial charge in [0.1, 0.15) is 5.03 Å². The molecule has 0 aliphatic carbocycles. The maximum absolute atomic E-state index is 5.88. The third kappa shape index (κ3) is 4.53. The van der Waals surface area contributed by atoms with Crippen LogP contribution >= 0.6 is 23.4 Å². The average molecular weight is 293 g/mol. The van der Waals surface area contributed by atoms with Gasteiger partial charge in [-0.1, -0.05) is 36.7 Å². The molecule has 19 heavy (non-hydrogen) atoms. The van der Waals surface area contributed by atoms with E-state index in [-0.39, 0.29) is 0 Å². The van der Waals surface area contributed by atoms with Gasteiger partial charge >= 0.3 is 0 Å². The van der Waals surface area contributed by atoms with Crippen molar-refractivity contribution in [2.24, 2.45) is 0 Å². The first-order valence-corrected chi connectivity index (χ1v) is 7.68. The van der Waals surface area contributed by atoms with Crippen molar-refractivity contribution in [3.63, 3.8) is 0 Å². The van der Waals surface area contributed by atoms with E-state index in [2.05, 4.69) is 35.4 Å². The predicted octanol–water partition coefficient (Wildman–Crippen LogP) is 4.14. The van der Waals surface area contributed by atoms with Crippen molar-refractivity contribution in [3.8, 4) is 0 Å². The normalized spacial score (nSPS) is 10.6. The Balaban J connectivity index is 2.00. The lowest BCUT2D eigenvalue weighted by molar-refractivity contribution is 0.711. The number of benzene rings is 1. The highest BCUT2D eigenvalue weighted by molar-refractivity contribution is 7.98. The molecule has 0 radical (unpaired) electrons. The number of thioether (sulfide) groups is 1. The van der Waals surface area contributed by atoms with E-state index in [0.29, 0.717) is 0 Å². The zero-order valence-corrected chi connectivity index (χ0v) is 12.5. The second-order valence-corrected chi connectivity index (χ2v) is 5.56. The first-order valence-electron chi connectivity index (χ1n) is 6.31. The molecule has 2 rings (SSSR count). The zero-order chi connectivity index (χ0) is 13.5. The molecule has 0 aliphatic rings. The van der Waals surface area contributed by atoms with Gasteiger partial charge in [0.2, 0.25) is 0 Å². The Bertz CT molecular complexity index is 514. The summed E-state index contributed by atoms with van der Waals surface area (Å²) in [7, 11) is 0. The maximum Gasteiger partial charge on any atom is 0.101 e. The van der Waals surface area contributed by atoms with Gasteiger partial charge in [-0.15, -0.1) is 11.8 Å². The molecule has 2 aromatic rings. The van der Waals surface area contributed by atoms with Crippen LogP contribution in [-0.4, -0.2) is 11.5 Å². The fraction of sp³-hybridized carbons (Fsp3) is 0.267. The molecule has 0 spiro atoms. The number of aromatic nitrogens is 1. The van der Waals surface area contributed by atoms with Crippen molar-refractivity contribution < 1.29 is 0 Å². The minimum absolute atomic E-state index is 0.777. The minimum Gasteiger partial charge on any atom is -0.313 e. The van der Waals surface area contributed by atoms with E-state index in [4.69, 9.17) is 11.6 Å². The standard InChI is InChI=1S/C15H17ClN2S/c1-2-17-10-13-4-3-9-18-15(13)19-11-12-5-7-14(16)8-6-12/h3-9,17H,2,10-11H2,1H3. The highest BCUT2D eigenvalue weighted by atomic mass is 35.5. The van der Waals surface area contributed by atoms with Crippen LogP contribution in [0.3, 0.4) is 0 Å². The van der Waals surface area contributed by atoms with Gasteiger partial charge in [-0.2, -0.15) is 0 Å². The van der Waals surface area contributed by atoms with Gasteiger partial charge in [0.15, 0.2) is 0 Å². The van der Waals surface area contributed by atoms with Gasteiger partial charge in [0.25, 0.3) is 0 Å². The lowest BCUT2D eigenvalue weighted by atomic mass is 10.2. The fourth-order valence-electron chi connectivity index (χ4n) is 1.68. The molecular weight excluding hydrogens is 276 g/mol. The van der Waals surface area contributed by atoms with E-state index >= 15 is 0 Å². The van der Waals surface area contributed by atoms with Gasteiger partial charge in [0, 0.05) is 23.5 Å². The number of halogens is 1. The summed E-state index contributed by atoms with van der Waals surface area (Å²) in [5.41, 5.74) is 2.51. The summed E-state index contributed by atoms with van der Waals surface area (Å²) in [4.78, 5) is 4.46. The third-order valence-corrected chi connectivity index (χ3v) is 4.07. The quantitative estimate of drug-likeness (QED) is 0.810. The second-order valence-electron chi connectivity index (χ2n) is 4.16. The molecule has 0 amide bonds. The summed E-state index contributed by atoms with van der Waals surface area (Å²) >= 11 is 7.65. The molecule has 0 saturated heterocycles. The van der Waals surface area contributed by atoms with Crippen LogP contribution in [0.1, 0.15) is 18.1 Å². The Kier molecular flexibility index (Phi) is 5.70. The van der Waals surface area contributed by atoms with Crippen LogP contribution in [0.25, 0.3) is 0 Å². The lowest BCUT2D eigenvalue weighted by Crippen LogP contribution is -2.12. The molecule has 1 aromatic heterocycles. The molecular formula is C15H17ClN2S. The summed E-state index contributed by atoms with van der Waals surface area (Å²) in [6, 6.07) is 12.1. The Morgan fingerprint density at radius 3 is 2.74 bits per heavy atom. The minimum atomic E-state index is 0.777. The van der Waals surface area contributed by atoms with Crippen molar-refractivity contribution in [2.75, 3.05) is 6.54 Å². The van der Waals surface area contributed by atoms with Crippen molar-refractivity contribution in [1.29, 1.82) is 0 Å². The molecule has 1 heterocycles. The van der Waals surface area contributed by atoms with Crippen LogP contribution in [0.15, 0.2) is 47.6 Å². The maximum atomic E-state index is 5.88. The van der Waals surface area contributed by atoms with E-state index in [1.165, 1.54) is 11.1 Å². The first-order chi connectivity index (χ1) is 9.29. The number of rotatable bonds is 6. The number of hydrogen-bond acceptors (Lipinski definition) is 3. The molecule has 2 nitrogen and oxygen atoms in total. The topological polar surface area (TPSA) is 24.9 Å². The molecule has 4 heteroatoms. The SMILES string of the molecule is CCNCc1cccnc1SCc1ccc(Cl)cc1. The monoisotopic (exact) mass is 292 g/mol. The lowest BCUT2D eigenvalue weighted by Gasteiger charge is -2.08. The molecule has 100 valence electrons. The van der Waals surface area contributed by atoms with Crippen molar-refractivity contribution in [2.45, 2.75) is 24.2 Å². The summed E-state index contributed by atoms with van der Waals surface area (Å²) in [6.45, 7) is 3.94. The van der Waals surface area contributed by atoms with Crippen LogP contribution in [-0.2, 0) is 12.3 Å². The molecule has 0 bridgehead atoms. The van der Waals surface area contributed by atoms with E-state index < -0.39 is 0 Å². The highest BCUT2D eigenvalue weighted by Crippen LogP contribution is 2.24. The number of pyridine rings is 1. The molecule has 0 unspecified atom stereocenters. The Morgan fingerprint density at radius 2 is 2.00 bits per heavy atom. The van der Waals surface area contributed by atoms with Crippen LogP contribution in [0.5, 0.6) is 0 Å². The van der Waals surface area contributed by atoms with Crippen LogP contribution in [0, 0.1) is 0 Å². The third-order valence-electron chi connectivity index (χ3n) is 2.70. The summed E-state index contributed by atoms with van der Waals surface area (Å²) < 4.78 is 0. The molecule has 1 N–H and O–H groups in total. The Labute approximate surface area is 123 Å². The van der Waals surface area contributed by atoms with Gasteiger partial charge in [-0.25, -0.2) is 4.98 Å². The first kappa shape index (κ1) is 14.4. The van der Waals surface area contributed by atoms with Crippen molar-refractivity contribution >= 4 is 23.4 Å². The smallest absolute Gasteiger partial charge is 0.101 e. The molecule has 0 atom stereocenters. The van der Waals surface area contributed by atoms with Crippen LogP contribution < -0.4 is 5.32 Å². The van der Waals surface area contributed by atoms with E-state index in [1.807, 2.05) is 24.4 Å². The predicted molar refractivity (Wildman–Crippen MR) is 82.6 cm³/mol. The van der Waals surface area contributed by atoms with Crippen LogP contribution in [0.2, 0.25) is 5.02 Å². The van der Waals surface area contributed by atoms with E-state index in [1.54, 1.807) is 11.8 Å². The number of hydrogen-bond donors (Lipinski definition) is 1. The Hall–Kier alpha value is -1.03. The van der Waals surface area contributed by atoms with Gasteiger partial charge in [0.05, 0.1) is 0 Å². The summed E-state index contributed by atoms with van der Waals surface area (Å²) in [5.74, 6) is 0.910. The van der Waals surface area contributed by atoms with Gasteiger partial charge in [-0.05, 0) is 35.9 Å². The average Bonchev–Trinajstić information content (AvgIpc) is 2.45. The second kappa shape index (κ2) is 7.53. The largest absolute Gasteiger partial charge is 0.313 e. The van der Waals surface area contributed by atoms with E-state index in [9.17, 15) is 0 Å². The van der Waals surface area contributed by atoms with Crippen LogP contribution in [0.4, 0.5) is 0 Å². The zero-order valence-electron chi connectivity index (χ0n) is 10.9. The molecule has 0 saturated carbocycles. The Morgan fingerprint density at radius 1 is 1.21 bits per heavy atom. The number of nitrogens with one attached hydrogen (secondary N) is 1. The van der Waals surface area contributed by atoms with Crippen molar-refractivity contribution in [1.82, 2.24) is 10.3 Å².